The summed E-state index contributed by atoms with van der Waals surface area (Å²) in [6, 6.07) is 5.65. The molecule has 1 aromatic carbocycles. The van der Waals surface area contributed by atoms with Gasteiger partial charge in [0.25, 0.3) is 0 Å². The number of halogens is 1. The van der Waals surface area contributed by atoms with Crippen molar-refractivity contribution in [3.05, 3.63) is 30.1 Å². The van der Waals surface area contributed by atoms with E-state index < -0.39 is 6.10 Å². The summed E-state index contributed by atoms with van der Waals surface area (Å²) in [7, 11) is 0. The Hall–Kier alpha value is -1.46. The number of benzene rings is 1. The monoisotopic (exact) mass is 296 g/mol. The fraction of sp³-hybridized carbons (Fsp3) is 0.562. The quantitative estimate of drug-likeness (QED) is 0.848. The molecule has 118 valence electrons. The van der Waals surface area contributed by atoms with Crippen LogP contribution < -0.4 is 5.32 Å². The van der Waals surface area contributed by atoms with Gasteiger partial charge in [-0.1, -0.05) is 6.92 Å². The number of nitrogens with one attached hydrogen (secondary N) is 1. The van der Waals surface area contributed by atoms with Crippen molar-refractivity contribution in [2.45, 2.75) is 45.8 Å². The van der Waals surface area contributed by atoms with Gasteiger partial charge in [0, 0.05) is 17.8 Å². The van der Waals surface area contributed by atoms with Crippen molar-refractivity contribution in [3.63, 3.8) is 0 Å². The maximum Gasteiger partial charge on any atom is 0.238 e. The molecule has 0 radical (unpaired) electrons. The van der Waals surface area contributed by atoms with E-state index in [2.05, 4.69) is 5.32 Å². The molecule has 0 spiro atoms. The van der Waals surface area contributed by atoms with E-state index in [1.165, 1.54) is 24.3 Å². The molecule has 5 heteroatoms. The molecule has 0 aliphatic heterocycles. The maximum atomic E-state index is 12.8. The summed E-state index contributed by atoms with van der Waals surface area (Å²) in [5.41, 5.74) is 0.335. The van der Waals surface area contributed by atoms with Gasteiger partial charge in [-0.3, -0.25) is 9.69 Å². The third-order valence-electron chi connectivity index (χ3n) is 3.31. The lowest BCUT2D eigenvalue weighted by atomic mass is 10.0. The second-order valence-corrected chi connectivity index (χ2v) is 6.17. The highest BCUT2D eigenvalue weighted by molar-refractivity contribution is 5.92. The third kappa shape index (κ3) is 6.23. The van der Waals surface area contributed by atoms with Crippen molar-refractivity contribution in [2.75, 3.05) is 18.4 Å². The number of carbonyl (C=O) groups is 1. The van der Waals surface area contributed by atoms with Gasteiger partial charge in [-0.15, -0.1) is 0 Å². The summed E-state index contributed by atoms with van der Waals surface area (Å²) >= 11 is 0. The molecule has 1 aromatic rings. The topological polar surface area (TPSA) is 52.6 Å². The molecule has 1 rings (SSSR count). The number of rotatable bonds is 6. The Morgan fingerprint density at radius 1 is 1.33 bits per heavy atom. The summed E-state index contributed by atoms with van der Waals surface area (Å²) in [6.45, 7) is 8.53. The second kappa shape index (κ2) is 7.52. The van der Waals surface area contributed by atoms with E-state index in [1.54, 1.807) is 0 Å². The Bertz CT molecular complexity index is 454. The lowest BCUT2D eigenvalue weighted by Gasteiger charge is -2.36. The van der Waals surface area contributed by atoms with Crippen molar-refractivity contribution >= 4 is 11.6 Å². The molecule has 0 heterocycles. The zero-order valence-corrected chi connectivity index (χ0v) is 13.2. The Morgan fingerprint density at radius 3 is 2.38 bits per heavy atom. The Labute approximate surface area is 126 Å². The molecule has 21 heavy (non-hydrogen) atoms. The number of aliphatic hydroxyl groups is 1. The molecule has 0 aliphatic carbocycles. The smallest absolute Gasteiger partial charge is 0.238 e. The third-order valence-corrected chi connectivity index (χ3v) is 3.31. The van der Waals surface area contributed by atoms with Crippen LogP contribution >= 0.6 is 0 Å². The zero-order chi connectivity index (χ0) is 16.0. The van der Waals surface area contributed by atoms with Crippen LogP contribution in [0.5, 0.6) is 0 Å². The summed E-state index contributed by atoms with van der Waals surface area (Å²) in [5, 5.41) is 12.5. The van der Waals surface area contributed by atoms with Crippen LogP contribution in [-0.4, -0.2) is 40.6 Å². The van der Waals surface area contributed by atoms with Crippen LogP contribution in [0.15, 0.2) is 24.3 Å². The van der Waals surface area contributed by atoms with Gasteiger partial charge in [0.1, 0.15) is 5.82 Å². The number of β-amino-alcohol motifs (C(OH)–C–C–N with tert-alkyl or cyclic N) is 1. The van der Waals surface area contributed by atoms with Crippen molar-refractivity contribution in [2.24, 2.45) is 0 Å². The molecule has 0 saturated carbocycles. The fourth-order valence-electron chi connectivity index (χ4n) is 1.87. The van der Waals surface area contributed by atoms with E-state index >= 15 is 0 Å². The molecule has 4 nitrogen and oxygen atoms in total. The Kier molecular flexibility index (Phi) is 6.30. The Balaban J connectivity index is 2.65. The number of hydrogen-bond donors (Lipinski definition) is 2. The van der Waals surface area contributed by atoms with E-state index in [0.29, 0.717) is 18.7 Å². The minimum Gasteiger partial charge on any atom is -0.392 e. The highest BCUT2D eigenvalue weighted by Crippen LogP contribution is 2.15. The van der Waals surface area contributed by atoms with Crippen LogP contribution in [0.3, 0.4) is 0 Å². The minimum absolute atomic E-state index is 0.179. The molecule has 2 N–H and O–H groups in total. The van der Waals surface area contributed by atoms with Crippen LogP contribution in [0.4, 0.5) is 10.1 Å². The largest absolute Gasteiger partial charge is 0.392 e. The Morgan fingerprint density at radius 2 is 1.90 bits per heavy atom. The van der Waals surface area contributed by atoms with Gasteiger partial charge in [-0.05, 0) is 51.5 Å². The summed E-state index contributed by atoms with van der Waals surface area (Å²) in [6.07, 6.45) is 0.189. The van der Waals surface area contributed by atoms with Crippen LogP contribution in [0.2, 0.25) is 0 Å². The molecular formula is C16H25FN2O2. The van der Waals surface area contributed by atoms with Gasteiger partial charge in [0.05, 0.1) is 12.6 Å². The van der Waals surface area contributed by atoms with Crippen LogP contribution in [0.25, 0.3) is 0 Å². The molecule has 0 saturated heterocycles. The first-order valence-corrected chi connectivity index (χ1v) is 7.21. The van der Waals surface area contributed by atoms with E-state index in [0.717, 1.165) is 0 Å². The van der Waals surface area contributed by atoms with Crippen molar-refractivity contribution in [1.82, 2.24) is 4.90 Å². The van der Waals surface area contributed by atoms with Crippen molar-refractivity contribution in [3.8, 4) is 0 Å². The van der Waals surface area contributed by atoms with Crippen molar-refractivity contribution in [1.29, 1.82) is 0 Å². The van der Waals surface area contributed by atoms with E-state index in [9.17, 15) is 14.3 Å². The fourth-order valence-corrected chi connectivity index (χ4v) is 1.87. The van der Waals surface area contributed by atoms with Gasteiger partial charge in [-0.25, -0.2) is 4.39 Å². The normalized spacial score (nSPS) is 13.3. The SMILES string of the molecule is CC[C@@H](O)CN(CC(=O)Nc1ccc(F)cc1)C(C)(C)C. The summed E-state index contributed by atoms with van der Waals surface area (Å²) in [5.74, 6) is -0.518. The molecule has 0 aromatic heterocycles. The molecule has 0 bridgehead atoms. The predicted molar refractivity (Wildman–Crippen MR) is 82.7 cm³/mol. The highest BCUT2D eigenvalue weighted by Gasteiger charge is 2.25. The first-order valence-electron chi connectivity index (χ1n) is 7.21. The van der Waals surface area contributed by atoms with E-state index in [4.69, 9.17) is 0 Å². The lowest BCUT2D eigenvalue weighted by Crippen LogP contribution is -2.48. The summed E-state index contributed by atoms with van der Waals surface area (Å²) in [4.78, 5) is 14.0. The van der Waals surface area contributed by atoms with Crippen molar-refractivity contribution < 1.29 is 14.3 Å². The van der Waals surface area contributed by atoms with Gasteiger partial charge >= 0.3 is 0 Å². The molecular weight excluding hydrogens is 271 g/mol. The lowest BCUT2D eigenvalue weighted by molar-refractivity contribution is -0.119. The first kappa shape index (κ1) is 17.6. The standard InChI is InChI=1S/C16H25FN2O2/c1-5-14(20)10-19(16(2,3)4)11-15(21)18-13-8-6-12(17)7-9-13/h6-9,14,20H,5,10-11H2,1-4H3,(H,18,21)/t14-/m1/s1. The van der Waals surface area contributed by atoms with Crippen LogP contribution in [-0.2, 0) is 4.79 Å². The molecule has 0 fully saturated rings. The molecule has 0 unspecified atom stereocenters. The van der Waals surface area contributed by atoms with Gasteiger partial charge in [0.15, 0.2) is 0 Å². The average molecular weight is 296 g/mol. The maximum absolute atomic E-state index is 12.8. The van der Waals surface area contributed by atoms with E-state index in [1.807, 2.05) is 32.6 Å². The van der Waals surface area contributed by atoms with Gasteiger partial charge < -0.3 is 10.4 Å². The number of nitrogens with zero attached hydrogens (tertiary/aromatic N) is 1. The number of aliphatic hydroxyl groups excluding tert-OH is 1. The minimum atomic E-state index is -0.456. The zero-order valence-electron chi connectivity index (χ0n) is 13.2. The van der Waals surface area contributed by atoms with Gasteiger partial charge in [-0.2, -0.15) is 0 Å². The number of amides is 1. The van der Waals surface area contributed by atoms with Crippen LogP contribution in [0.1, 0.15) is 34.1 Å². The van der Waals surface area contributed by atoms with E-state index in [-0.39, 0.29) is 23.8 Å². The number of anilines is 1. The number of hydrogen-bond acceptors (Lipinski definition) is 3. The number of carbonyl (C=O) groups excluding carboxylic acids is 1. The highest BCUT2D eigenvalue weighted by atomic mass is 19.1. The van der Waals surface area contributed by atoms with Crippen LogP contribution in [0, 0.1) is 5.82 Å². The van der Waals surface area contributed by atoms with Gasteiger partial charge in [0.2, 0.25) is 5.91 Å². The predicted octanol–water partition coefficient (Wildman–Crippen LogP) is 2.64. The molecule has 0 aliphatic rings. The molecule has 1 atom stereocenters. The first-order chi connectivity index (χ1) is 9.72. The second-order valence-electron chi connectivity index (χ2n) is 6.17. The summed E-state index contributed by atoms with van der Waals surface area (Å²) < 4.78 is 12.8. The molecule has 1 amide bonds. The average Bonchev–Trinajstić information content (AvgIpc) is 2.39.